The van der Waals surface area contributed by atoms with Gasteiger partial charge in [-0.25, -0.2) is 0 Å². The van der Waals surface area contributed by atoms with Gasteiger partial charge < -0.3 is 10.1 Å². The van der Waals surface area contributed by atoms with Crippen molar-refractivity contribution in [2.75, 3.05) is 19.1 Å². The molecule has 0 unspecified atom stereocenters. The molecule has 0 spiro atoms. The van der Waals surface area contributed by atoms with E-state index in [-0.39, 0.29) is 17.8 Å². The van der Waals surface area contributed by atoms with Crippen molar-refractivity contribution in [3.8, 4) is 5.75 Å². The molecule has 0 saturated carbocycles. The number of halogens is 2. The van der Waals surface area contributed by atoms with Crippen molar-refractivity contribution in [3.05, 3.63) is 63.0 Å². The summed E-state index contributed by atoms with van der Waals surface area (Å²) in [7, 11) is 1.59. The molecule has 1 saturated heterocycles. The van der Waals surface area contributed by atoms with Crippen LogP contribution < -0.4 is 10.1 Å². The van der Waals surface area contributed by atoms with E-state index < -0.39 is 0 Å². The molecular weight excluding hydrogens is 395 g/mol. The smallest absolute Gasteiger partial charge is 0.295 e. The number of rotatable bonds is 5. The molecular formula is C18H14Cl2N2O3S. The Labute approximate surface area is 164 Å². The van der Waals surface area contributed by atoms with Gasteiger partial charge in [0.25, 0.3) is 11.1 Å². The number of anilines is 1. The fourth-order valence-corrected chi connectivity index (χ4v) is 3.57. The second-order valence-electron chi connectivity index (χ2n) is 5.34. The summed E-state index contributed by atoms with van der Waals surface area (Å²) in [6, 6.07) is 12.2. The van der Waals surface area contributed by atoms with Crippen molar-refractivity contribution in [1.29, 1.82) is 0 Å². The molecule has 2 aromatic carbocycles. The lowest BCUT2D eigenvalue weighted by Crippen LogP contribution is -2.33. The predicted octanol–water partition coefficient (Wildman–Crippen LogP) is 5.11. The summed E-state index contributed by atoms with van der Waals surface area (Å²) >= 11 is 12.9. The molecule has 1 aliphatic heterocycles. The van der Waals surface area contributed by atoms with Crippen LogP contribution in [0.25, 0.3) is 6.08 Å². The van der Waals surface area contributed by atoms with Crippen LogP contribution in [-0.2, 0) is 4.79 Å². The number of ether oxygens (including phenoxy) is 1. The van der Waals surface area contributed by atoms with Crippen molar-refractivity contribution in [2.45, 2.75) is 0 Å². The molecule has 5 nitrogen and oxygen atoms in total. The number of benzene rings is 2. The number of hydrogen-bond donors (Lipinski definition) is 1. The third-order valence-corrected chi connectivity index (χ3v) is 5.12. The fourth-order valence-electron chi connectivity index (χ4n) is 2.28. The highest BCUT2D eigenvalue weighted by molar-refractivity contribution is 8.18. The number of carbonyl (C=O) groups excluding carboxylic acids is 2. The predicted molar refractivity (Wildman–Crippen MR) is 106 cm³/mol. The number of nitrogens with zero attached hydrogens (tertiary/aromatic N) is 1. The molecule has 134 valence electrons. The van der Waals surface area contributed by atoms with Crippen LogP contribution in [0.2, 0.25) is 10.0 Å². The summed E-state index contributed by atoms with van der Waals surface area (Å²) in [4.78, 5) is 26.1. The molecule has 0 radical (unpaired) electrons. The summed E-state index contributed by atoms with van der Waals surface area (Å²) in [5.74, 6) is 0.358. The first-order valence-corrected chi connectivity index (χ1v) is 9.13. The van der Waals surface area contributed by atoms with Crippen LogP contribution in [-0.4, -0.2) is 29.8 Å². The summed E-state index contributed by atoms with van der Waals surface area (Å²) in [5, 5.41) is 3.63. The minimum atomic E-state index is -0.368. The van der Waals surface area contributed by atoms with Gasteiger partial charge in [0, 0.05) is 15.7 Å². The number of amides is 2. The highest BCUT2D eigenvalue weighted by atomic mass is 35.5. The van der Waals surface area contributed by atoms with Crippen LogP contribution in [0.4, 0.5) is 10.5 Å². The summed E-state index contributed by atoms with van der Waals surface area (Å²) in [5.41, 5.74) is 1.40. The van der Waals surface area contributed by atoms with Crippen LogP contribution >= 0.6 is 35.0 Å². The highest BCUT2D eigenvalue weighted by Gasteiger charge is 2.34. The lowest BCUT2D eigenvalue weighted by Gasteiger charge is -2.14. The van der Waals surface area contributed by atoms with E-state index in [2.05, 4.69) is 5.32 Å². The van der Waals surface area contributed by atoms with Gasteiger partial charge in [-0.1, -0.05) is 29.3 Å². The standard InChI is InChI=1S/C18H14Cl2N2O3S/c1-25-14-6-4-13(5-7-14)21-10-22-17(23)16(26-18(22)24)8-11-2-3-12(19)9-15(11)20/h2-9,21H,10H2,1H3. The largest absolute Gasteiger partial charge is 0.497 e. The van der Waals surface area contributed by atoms with Gasteiger partial charge in [0.05, 0.1) is 18.7 Å². The zero-order valence-corrected chi connectivity index (χ0v) is 16.0. The zero-order valence-electron chi connectivity index (χ0n) is 13.7. The van der Waals surface area contributed by atoms with Gasteiger partial charge in [-0.15, -0.1) is 0 Å². The minimum absolute atomic E-state index is 0.0721. The maximum Gasteiger partial charge on any atom is 0.295 e. The van der Waals surface area contributed by atoms with E-state index >= 15 is 0 Å². The molecule has 1 heterocycles. The fraction of sp³-hybridized carbons (Fsp3) is 0.111. The maximum atomic E-state index is 12.5. The van der Waals surface area contributed by atoms with Gasteiger partial charge >= 0.3 is 0 Å². The second-order valence-corrected chi connectivity index (χ2v) is 7.18. The topological polar surface area (TPSA) is 58.6 Å². The zero-order chi connectivity index (χ0) is 18.7. The molecule has 2 amide bonds. The molecule has 1 fully saturated rings. The van der Waals surface area contributed by atoms with Gasteiger partial charge in [-0.3, -0.25) is 14.5 Å². The Morgan fingerprint density at radius 2 is 1.88 bits per heavy atom. The molecule has 0 aliphatic carbocycles. The number of thioether (sulfide) groups is 1. The number of imide groups is 1. The first kappa shape index (κ1) is 18.6. The Kier molecular flexibility index (Phi) is 5.76. The molecule has 3 rings (SSSR count). The molecule has 8 heteroatoms. The number of nitrogens with one attached hydrogen (secondary N) is 1. The van der Waals surface area contributed by atoms with E-state index in [1.165, 1.54) is 0 Å². The van der Waals surface area contributed by atoms with E-state index in [9.17, 15) is 9.59 Å². The van der Waals surface area contributed by atoms with Gasteiger partial charge in [-0.2, -0.15) is 0 Å². The van der Waals surface area contributed by atoms with E-state index in [1.54, 1.807) is 55.7 Å². The van der Waals surface area contributed by atoms with Crippen LogP contribution in [0.15, 0.2) is 47.4 Å². The van der Waals surface area contributed by atoms with Crippen LogP contribution in [0.5, 0.6) is 5.75 Å². The summed E-state index contributed by atoms with van der Waals surface area (Å²) in [6.07, 6.45) is 1.59. The highest BCUT2D eigenvalue weighted by Crippen LogP contribution is 2.34. The first-order chi connectivity index (χ1) is 12.5. The third-order valence-electron chi connectivity index (χ3n) is 3.65. The van der Waals surface area contributed by atoms with Gasteiger partial charge in [0.2, 0.25) is 0 Å². The van der Waals surface area contributed by atoms with Gasteiger partial charge in [0.1, 0.15) is 5.75 Å². The Morgan fingerprint density at radius 1 is 1.15 bits per heavy atom. The molecule has 1 aliphatic rings. The average molecular weight is 409 g/mol. The Bertz CT molecular complexity index is 885. The van der Waals surface area contributed by atoms with Crippen molar-refractivity contribution in [3.63, 3.8) is 0 Å². The maximum absolute atomic E-state index is 12.5. The van der Waals surface area contributed by atoms with E-state index in [0.717, 1.165) is 28.1 Å². The molecule has 0 aromatic heterocycles. The number of carbonyl (C=O) groups is 2. The SMILES string of the molecule is COc1ccc(NCN2C(=O)SC(=Cc3ccc(Cl)cc3Cl)C2=O)cc1. The lowest BCUT2D eigenvalue weighted by molar-refractivity contribution is -0.122. The van der Waals surface area contributed by atoms with Gasteiger partial charge in [-0.05, 0) is 59.8 Å². The molecule has 0 bridgehead atoms. The number of hydrogen-bond acceptors (Lipinski definition) is 5. The quantitative estimate of drug-likeness (QED) is 0.696. The Morgan fingerprint density at radius 3 is 2.54 bits per heavy atom. The van der Waals surface area contributed by atoms with E-state index in [4.69, 9.17) is 27.9 Å². The van der Waals surface area contributed by atoms with E-state index in [1.807, 2.05) is 0 Å². The molecule has 1 N–H and O–H groups in total. The van der Waals surface area contributed by atoms with Crippen molar-refractivity contribution in [1.82, 2.24) is 4.90 Å². The monoisotopic (exact) mass is 408 g/mol. The van der Waals surface area contributed by atoms with Crippen molar-refractivity contribution < 1.29 is 14.3 Å². The minimum Gasteiger partial charge on any atom is -0.497 e. The summed E-state index contributed by atoms with van der Waals surface area (Å²) < 4.78 is 5.09. The number of methoxy groups -OCH3 is 1. The van der Waals surface area contributed by atoms with E-state index in [0.29, 0.717) is 20.5 Å². The molecule has 0 atom stereocenters. The lowest BCUT2D eigenvalue weighted by atomic mass is 10.2. The molecule has 26 heavy (non-hydrogen) atoms. The van der Waals surface area contributed by atoms with Crippen LogP contribution in [0.3, 0.4) is 0 Å². The first-order valence-electron chi connectivity index (χ1n) is 7.56. The van der Waals surface area contributed by atoms with Gasteiger partial charge in [0.15, 0.2) is 0 Å². The molecule has 2 aromatic rings. The summed E-state index contributed by atoms with van der Waals surface area (Å²) in [6.45, 7) is 0.0721. The average Bonchev–Trinajstić information content (AvgIpc) is 2.89. The van der Waals surface area contributed by atoms with Crippen molar-refractivity contribution >= 4 is 57.9 Å². The van der Waals surface area contributed by atoms with Crippen LogP contribution in [0.1, 0.15) is 5.56 Å². The van der Waals surface area contributed by atoms with Crippen molar-refractivity contribution in [2.24, 2.45) is 0 Å². The van der Waals surface area contributed by atoms with Crippen LogP contribution in [0, 0.1) is 0 Å². The normalized spacial score (nSPS) is 15.7. The Hall–Kier alpha value is -2.15. The second kappa shape index (κ2) is 8.03. The third kappa shape index (κ3) is 4.15. The Balaban J connectivity index is 1.70.